The number of sulfonamides is 1. The number of hydrogen-bond acceptors (Lipinski definition) is 3. The predicted molar refractivity (Wildman–Crippen MR) is 109 cm³/mol. The lowest BCUT2D eigenvalue weighted by molar-refractivity contribution is 0.374. The van der Waals surface area contributed by atoms with E-state index in [9.17, 15) is 21.6 Å². The van der Waals surface area contributed by atoms with Crippen LogP contribution < -0.4 is 4.72 Å². The SMILES string of the molecule is CCN(C)CCS(=O)(=O)Nc1ccc(F)c(F)c1Cc1ccc(I)cc1F. The van der Waals surface area contributed by atoms with Crippen molar-refractivity contribution in [3.05, 3.63) is 62.5 Å². The fourth-order valence-electron chi connectivity index (χ4n) is 2.37. The van der Waals surface area contributed by atoms with Crippen molar-refractivity contribution < 1.29 is 21.6 Å². The highest BCUT2D eigenvalue weighted by molar-refractivity contribution is 14.1. The topological polar surface area (TPSA) is 49.4 Å². The quantitative estimate of drug-likeness (QED) is 0.545. The maximum Gasteiger partial charge on any atom is 0.233 e. The standard InChI is InChI=1S/C18H20F3IN2O2S/c1-3-24(2)8-9-27(25,26)23-17-7-6-15(19)18(21)14(17)10-12-4-5-13(22)11-16(12)20/h4-7,11,23H,3,8-10H2,1-2H3. The van der Waals surface area contributed by atoms with Gasteiger partial charge in [0.2, 0.25) is 10.0 Å². The van der Waals surface area contributed by atoms with Crippen molar-refractivity contribution in [2.24, 2.45) is 0 Å². The second-order valence-electron chi connectivity index (χ2n) is 6.12. The summed E-state index contributed by atoms with van der Waals surface area (Å²) in [5.41, 5.74) is -0.181. The molecule has 0 aliphatic heterocycles. The molecule has 0 aromatic heterocycles. The first kappa shape index (κ1) is 22.0. The van der Waals surface area contributed by atoms with Crippen molar-refractivity contribution in [1.82, 2.24) is 4.90 Å². The minimum Gasteiger partial charge on any atom is -0.306 e. The molecule has 0 radical (unpaired) electrons. The Labute approximate surface area is 171 Å². The van der Waals surface area contributed by atoms with Gasteiger partial charge in [-0.1, -0.05) is 13.0 Å². The summed E-state index contributed by atoms with van der Waals surface area (Å²) in [5.74, 6) is -3.08. The van der Waals surface area contributed by atoms with Crippen molar-refractivity contribution in [3.63, 3.8) is 0 Å². The number of benzene rings is 2. The van der Waals surface area contributed by atoms with E-state index in [-0.39, 0.29) is 35.5 Å². The summed E-state index contributed by atoms with van der Waals surface area (Å²) < 4.78 is 69.8. The highest BCUT2D eigenvalue weighted by atomic mass is 127. The van der Waals surface area contributed by atoms with Gasteiger partial charge in [0, 0.05) is 22.1 Å². The molecular formula is C18H20F3IN2O2S. The van der Waals surface area contributed by atoms with Gasteiger partial charge in [-0.25, -0.2) is 21.6 Å². The molecule has 0 amide bonds. The molecular weight excluding hydrogens is 492 g/mol. The minimum atomic E-state index is -3.78. The van der Waals surface area contributed by atoms with Gasteiger partial charge in [-0.15, -0.1) is 0 Å². The predicted octanol–water partition coefficient (Wildman–Crippen LogP) is 3.99. The van der Waals surface area contributed by atoms with Crippen LogP contribution in [0.1, 0.15) is 18.1 Å². The Morgan fingerprint density at radius 2 is 1.81 bits per heavy atom. The molecule has 0 fully saturated rings. The van der Waals surface area contributed by atoms with Crippen LogP contribution in [0.5, 0.6) is 0 Å². The molecule has 0 aliphatic carbocycles. The van der Waals surface area contributed by atoms with Gasteiger partial charge in [0.1, 0.15) is 5.82 Å². The van der Waals surface area contributed by atoms with Gasteiger partial charge >= 0.3 is 0 Å². The van der Waals surface area contributed by atoms with Crippen LogP contribution in [-0.4, -0.2) is 39.2 Å². The Hall–Kier alpha value is -1.33. The van der Waals surface area contributed by atoms with Crippen molar-refractivity contribution in [2.45, 2.75) is 13.3 Å². The van der Waals surface area contributed by atoms with Crippen molar-refractivity contribution in [3.8, 4) is 0 Å². The van der Waals surface area contributed by atoms with E-state index in [1.165, 1.54) is 12.1 Å². The lowest BCUT2D eigenvalue weighted by Gasteiger charge is -2.17. The molecule has 0 spiro atoms. The first-order valence-electron chi connectivity index (χ1n) is 8.22. The molecule has 27 heavy (non-hydrogen) atoms. The highest BCUT2D eigenvalue weighted by Gasteiger charge is 2.20. The second kappa shape index (κ2) is 9.24. The lowest BCUT2D eigenvalue weighted by Crippen LogP contribution is -2.28. The molecule has 2 aromatic rings. The molecule has 0 saturated carbocycles. The molecule has 4 nitrogen and oxygen atoms in total. The minimum absolute atomic E-state index is 0.0917. The van der Waals surface area contributed by atoms with Crippen LogP contribution in [0.3, 0.4) is 0 Å². The summed E-state index contributed by atoms with van der Waals surface area (Å²) >= 11 is 1.94. The largest absolute Gasteiger partial charge is 0.306 e. The highest BCUT2D eigenvalue weighted by Crippen LogP contribution is 2.27. The average molecular weight is 512 g/mol. The summed E-state index contributed by atoms with van der Waals surface area (Å²) in [7, 11) is -2.00. The number of halogens is 4. The molecule has 0 aliphatic rings. The van der Waals surface area contributed by atoms with Crippen LogP contribution in [0.15, 0.2) is 30.3 Å². The lowest BCUT2D eigenvalue weighted by atomic mass is 10.0. The van der Waals surface area contributed by atoms with Crippen LogP contribution in [0.25, 0.3) is 0 Å². The van der Waals surface area contributed by atoms with Crippen molar-refractivity contribution in [1.29, 1.82) is 0 Å². The van der Waals surface area contributed by atoms with Crippen LogP contribution in [0.2, 0.25) is 0 Å². The van der Waals surface area contributed by atoms with Gasteiger partial charge in [-0.3, -0.25) is 4.72 Å². The maximum absolute atomic E-state index is 14.4. The molecule has 2 aromatic carbocycles. The van der Waals surface area contributed by atoms with Gasteiger partial charge in [-0.2, -0.15) is 0 Å². The Morgan fingerprint density at radius 3 is 2.44 bits per heavy atom. The van der Waals surface area contributed by atoms with Gasteiger partial charge in [-0.05, 0) is 66.0 Å². The molecule has 0 unspecified atom stereocenters. The Kier molecular flexibility index (Phi) is 7.52. The van der Waals surface area contributed by atoms with Crippen LogP contribution in [0.4, 0.5) is 18.9 Å². The molecule has 0 atom stereocenters. The van der Waals surface area contributed by atoms with Gasteiger partial charge in [0.05, 0.1) is 11.4 Å². The zero-order valence-corrected chi connectivity index (χ0v) is 17.9. The van der Waals surface area contributed by atoms with Crippen LogP contribution in [0, 0.1) is 21.0 Å². The summed E-state index contributed by atoms with van der Waals surface area (Å²) in [4.78, 5) is 1.81. The number of anilines is 1. The summed E-state index contributed by atoms with van der Waals surface area (Å²) in [6, 6.07) is 6.38. The fourth-order valence-corrected chi connectivity index (χ4v) is 4.00. The average Bonchev–Trinajstić information content (AvgIpc) is 2.61. The fraction of sp³-hybridized carbons (Fsp3) is 0.333. The van der Waals surface area contributed by atoms with Gasteiger partial charge < -0.3 is 4.90 Å². The van der Waals surface area contributed by atoms with Crippen LogP contribution >= 0.6 is 22.6 Å². The van der Waals surface area contributed by atoms with Crippen LogP contribution in [-0.2, 0) is 16.4 Å². The molecule has 2 rings (SSSR count). The monoisotopic (exact) mass is 512 g/mol. The Balaban J connectivity index is 2.33. The van der Waals surface area contributed by atoms with E-state index in [2.05, 4.69) is 4.72 Å². The molecule has 0 saturated heterocycles. The molecule has 0 bridgehead atoms. The summed E-state index contributed by atoms with van der Waals surface area (Å²) in [6.45, 7) is 2.86. The third kappa shape index (κ3) is 6.08. The van der Waals surface area contributed by atoms with Gasteiger partial charge in [0.15, 0.2) is 11.6 Å². The van der Waals surface area contributed by atoms with Crippen molar-refractivity contribution in [2.75, 3.05) is 30.6 Å². The summed E-state index contributed by atoms with van der Waals surface area (Å²) in [6.07, 6.45) is -0.279. The van der Waals surface area contributed by atoms with E-state index < -0.39 is 27.5 Å². The maximum atomic E-state index is 14.4. The number of nitrogens with one attached hydrogen (secondary N) is 1. The molecule has 148 valence electrons. The normalized spacial score (nSPS) is 11.8. The Morgan fingerprint density at radius 1 is 1.11 bits per heavy atom. The zero-order valence-electron chi connectivity index (χ0n) is 14.9. The van der Waals surface area contributed by atoms with Crippen molar-refractivity contribution >= 4 is 38.3 Å². The number of rotatable bonds is 8. The number of nitrogens with zero attached hydrogens (tertiary/aromatic N) is 1. The van der Waals surface area contributed by atoms with E-state index in [4.69, 9.17) is 0 Å². The molecule has 1 N–H and O–H groups in total. The third-order valence-electron chi connectivity index (χ3n) is 4.13. The molecule has 0 heterocycles. The smallest absolute Gasteiger partial charge is 0.233 e. The van der Waals surface area contributed by atoms with E-state index in [0.29, 0.717) is 10.1 Å². The molecule has 9 heteroatoms. The van der Waals surface area contributed by atoms with E-state index in [1.807, 2.05) is 34.4 Å². The number of hydrogen-bond donors (Lipinski definition) is 1. The van der Waals surface area contributed by atoms with Gasteiger partial charge in [0.25, 0.3) is 0 Å². The zero-order chi connectivity index (χ0) is 20.2. The first-order valence-corrected chi connectivity index (χ1v) is 11.0. The Bertz CT molecular complexity index is 923. The summed E-state index contributed by atoms with van der Waals surface area (Å²) in [5, 5.41) is 0. The second-order valence-corrected chi connectivity index (χ2v) is 9.20. The van der Waals surface area contributed by atoms with E-state index >= 15 is 0 Å². The third-order valence-corrected chi connectivity index (χ3v) is 6.05. The van der Waals surface area contributed by atoms with E-state index in [1.54, 1.807) is 13.1 Å². The van der Waals surface area contributed by atoms with E-state index in [0.717, 1.165) is 12.1 Å². The first-order chi connectivity index (χ1) is 12.6.